The number of rotatable bonds is 3. The zero-order valence-electron chi connectivity index (χ0n) is 9.48. The molecule has 0 atom stereocenters. The fourth-order valence-corrected chi connectivity index (χ4v) is 1.83. The first kappa shape index (κ1) is 11.9. The van der Waals surface area contributed by atoms with Crippen LogP contribution in [-0.2, 0) is 0 Å². The molecule has 0 N–H and O–H groups in total. The van der Waals surface area contributed by atoms with Crippen LogP contribution < -0.4 is 9.47 Å². The molecule has 1 aromatic heterocycles. The van der Waals surface area contributed by atoms with Crippen molar-refractivity contribution in [2.75, 3.05) is 7.11 Å². The number of benzene rings is 1. The highest BCUT2D eigenvalue weighted by atomic mass is 79.9. The summed E-state index contributed by atoms with van der Waals surface area (Å²) in [4.78, 5) is 8.30. The Morgan fingerprint density at radius 3 is 2.47 bits per heavy atom. The summed E-state index contributed by atoms with van der Waals surface area (Å²) in [5.41, 5.74) is 0. The Morgan fingerprint density at radius 2 is 1.82 bits per heavy atom. The van der Waals surface area contributed by atoms with Gasteiger partial charge in [0, 0.05) is 6.07 Å². The normalized spacial score (nSPS) is 10.1. The predicted octanol–water partition coefficient (Wildman–Crippen LogP) is 3.35. The molecule has 88 valence electrons. The lowest BCUT2D eigenvalue weighted by atomic mass is 10.3. The molecule has 0 aliphatic heterocycles. The molecule has 17 heavy (non-hydrogen) atoms. The maximum atomic E-state index is 5.66. The van der Waals surface area contributed by atoms with E-state index < -0.39 is 0 Å². The van der Waals surface area contributed by atoms with Crippen LogP contribution in [0, 0.1) is 6.92 Å². The summed E-state index contributed by atoms with van der Waals surface area (Å²) in [6.45, 7) is 1.81. The highest BCUT2D eigenvalue weighted by molar-refractivity contribution is 9.10. The van der Waals surface area contributed by atoms with Crippen LogP contribution in [0.1, 0.15) is 5.82 Å². The van der Waals surface area contributed by atoms with Crippen LogP contribution in [-0.4, -0.2) is 17.1 Å². The van der Waals surface area contributed by atoms with Crippen molar-refractivity contribution in [2.24, 2.45) is 0 Å². The van der Waals surface area contributed by atoms with Gasteiger partial charge in [-0.3, -0.25) is 0 Å². The molecule has 2 rings (SSSR count). The van der Waals surface area contributed by atoms with Gasteiger partial charge in [0.15, 0.2) is 11.5 Å². The molecule has 0 amide bonds. The van der Waals surface area contributed by atoms with Crippen molar-refractivity contribution in [3.8, 4) is 17.4 Å². The Hall–Kier alpha value is -1.62. The highest BCUT2D eigenvalue weighted by Crippen LogP contribution is 2.30. The maximum absolute atomic E-state index is 5.66. The van der Waals surface area contributed by atoms with E-state index >= 15 is 0 Å². The number of ether oxygens (including phenoxy) is 2. The van der Waals surface area contributed by atoms with Crippen molar-refractivity contribution in [3.63, 3.8) is 0 Å². The summed E-state index contributed by atoms with van der Waals surface area (Å²) in [5.74, 6) is 2.41. The Bertz CT molecular complexity index is 511. The lowest BCUT2D eigenvalue weighted by Crippen LogP contribution is -1.95. The predicted molar refractivity (Wildman–Crippen MR) is 67.5 cm³/mol. The summed E-state index contributed by atoms with van der Waals surface area (Å²) in [6, 6.07) is 9.12. The van der Waals surface area contributed by atoms with Crippen molar-refractivity contribution in [3.05, 3.63) is 40.8 Å². The van der Waals surface area contributed by atoms with Gasteiger partial charge in [-0.2, -0.15) is 4.98 Å². The SMILES string of the molecule is COc1ccccc1Oc1cc(Br)nc(C)n1. The molecule has 1 aromatic carbocycles. The standard InChI is InChI=1S/C12H11BrN2O2/c1-8-14-11(13)7-12(15-8)17-10-6-4-3-5-9(10)16-2/h3-7H,1-2H3. The van der Waals surface area contributed by atoms with E-state index in [2.05, 4.69) is 25.9 Å². The van der Waals surface area contributed by atoms with Crippen LogP contribution in [0.15, 0.2) is 34.9 Å². The van der Waals surface area contributed by atoms with Gasteiger partial charge in [-0.25, -0.2) is 4.98 Å². The summed E-state index contributed by atoms with van der Waals surface area (Å²) in [6.07, 6.45) is 0. The van der Waals surface area contributed by atoms with E-state index in [-0.39, 0.29) is 0 Å². The third-order valence-corrected chi connectivity index (χ3v) is 2.47. The third kappa shape index (κ3) is 2.94. The van der Waals surface area contributed by atoms with Gasteiger partial charge in [0.1, 0.15) is 10.4 Å². The Morgan fingerprint density at radius 1 is 1.12 bits per heavy atom. The average molecular weight is 295 g/mol. The first-order valence-electron chi connectivity index (χ1n) is 5.01. The quantitative estimate of drug-likeness (QED) is 0.815. The van der Waals surface area contributed by atoms with Gasteiger partial charge < -0.3 is 9.47 Å². The number of aromatic nitrogens is 2. The lowest BCUT2D eigenvalue weighted by molar-refractivity contribution is 0.373. The Balaban J connectivity index is 2.31. The van der Waals surface area contributed by atoms with Gasteiger partial charge in [0.2, 0.25) is 5.88 Å². The fraction of sp³-hybridized carbons (Fsp3) is 0.167. The molecule has 5 heteroatoms. The van der Waals surface area contributed by atoms with Crippen LogP contribution in [0.25, 0.3) is 0 Å². The van der Waals surface area contributed by atoms with Crippen LogP contribution in [0.4, 0.5) is 0 Å². The summed E-state index contributed by atoms with van der Waals surface area (Å²) >= 11 is 3.30. The molecular formula is C12H11BrN2O2. The largest absolute Gasteiger partial charge is 0.493 e. The number of halogens is 1. The molecule has 0 aliphatic carbocycles. The first-order valence-corrected chi connectivity index (χ1v) is 5.80. The molecule has 2 aromatic rings. The summed E-state index contributed by atoms with van der Waals surface area (Å²) in [7, 11) is 1.60. The van der Waals surface area contributed by atoms with Crippen molar-refractivity contribution in [1.29, 1.82) is 0 Å². The molecule has 0 saturated heterocycles. The van der Waals surface area contributed by atoms with Gasteiger partial charge in [-0.05, 0) is 35.0 Å². The topological polar surface area (TPSA) is 44.2 Å². The molecule has 0 radical (unpaired) electrons. The van der Waals surface area contributed by atoms with E-state index in [1.165, 1.54) is 0 Å². The molecular weight excluding hydrogens is 284 g/mol. The second kappa shape index (κ2) is 5.14. The molecule has 0 spiro atoms. The number of hydrogen-bond donors (Lipinski definition) is 0. The van der Waals surface area contributed by atoms with E-state index in [0.29, 0.717) is 27.8 Å². The minimum absolute atomic E-state index is 0.480. The number of hydrogen-bond acceptors (Lipinski definition) is 4. The van der Waals surface area contributed by atoms with Gasteiger partial charge >= 0.3 is 0 Å². The van der Waals surface area contributed by atoms with Crippen molar-refractivity contribution in [1.82, 2.24) is 9.97 Å². The second-order valence-electron chi connectivity index (χ2n) is 3.33. The van der Waals surface area contributed by atoms with Crippen LogP contribution >= 0.6 is 15.9 Å². The Kier molecular flexibility index (Phi) is 3.58. The smallest absolute Gasteiger partial charge is 0.223 e. The second-order valence-corrected chi connectivity index (χ2v) is 4.14. The van der Waals surface area contributed by atoms with E-state index in [9.17, 15) is 0 Å². The number of nitrogens with zero attached hydrogens (tertiary/aromatic N) is 2. The third-order valence-electron chi connectivity index (χ3n) is 2.07. The highest BCUT2D eigenvalue weighted by Gasteiger charge is 2.06. The van der Waals surface area contributed by atoms with E-state index in [0.717, 1.165) is 0 Å². The zero-order chi connectivity index (χ0) is 12.3. The molecule has 0 unspecified atom stereocenters. The number of para-hydroxylation sites is 2. The molecule has 0 aliphatic rings. The monoisotopic (exact) mass is 294 g/mol. The summed E-state index contributed by atoms with van der Waals surface area (Å²) < 4.78 is 11.5. The van der Waals surface area contributed by atoms with E-state index in [1.54, 1.807) is 20.1 Å². The van der Waals surface area contributed by atoms with Crippen molar-refractivity contribution < 1.29 is 9.47 Å². The first-order chi connectivity index (χ1) is 8.19. The molecule has 0 saturated carbocycles. The average Bonchev–Trinajstić information content (AvgIpc) is 2.28. The number of aryl methyl sites for hydroxylation is 1. The van der Waals surface area contributed by atoms with E-state index in [4.69, 9.17) is 9.47 Å². The van der Waals surface area contributed by atoms with Crippen LogP contribution in [0.5, 0.6) is 17.4 Å². The lowest BCUT2D eigenvalue weighted by Gasteiger charge is -2.09. The minimum atomic E-state index is 0.480. The van der Waals surface area contributed by atoms with Crippen LogP contribution in [0.2, 0.25) is 0 Å². The fourth-order valence-electron chi connectivity index (χ4n) is 1.37. The van der Waals surface area contributed by atoms with E-state index in [1.807, 2.05) is 24.3 Å². The molecule has 0 bridgehead atoms. The molecule has 4 nitrogen and oxygen atoms in total. The van der Waals surface area contributed by atoms with Gasteiger partial charge in [-0.1, -0.05) is 12.1 Å². The van der Waals surface area contributed by atoms with Gasteiger partial charge in [0.25, 0.3) is 0 Å². The minimum Gasteiger partial charge on any atom is -0.493 e. The maximum Gasteiger partial charge on any atom is 0.223 e. The summed E-state index contributed by atoms with van der Waals surface area (Å²) in [5, 5.41) is 0. The van der Waals surface area contributed by atoms with Crippen molar-refractivity contribution in [2.45, 2.75) is 6.92 Å². The Labute approximate surface area is 108 Å². The van der Waals surface area contributed by atoms with Gasteiger partial charge in [0.05, 0.1) is 7.11 Å². The van der Waals surface area contributed by atoms with Crippen molar-refractivity contribution >= 4 is 15.9 Å². The molecule has 0 fully saturated rings. The zero-order valence-corrected chi connectivity index (χ0v) is 11.1. The molecule has 1 heterocycles. The number of methoxy groups -OCH3 is 1. The van der Waals surface area contributed by atoms with Gasteiger partial charge in [-0.15, -0.1) is 0 Å². The van der Waals surface area contributed by atoms with Crippen LogP contribution in [0.3, 0.4) is 0 Å².